The Morgan fingerprint density at radius 3 is 2.43 bits per heavy atom. The zero-order chi connectivity index (χ0) is 15.2. The molecule has 2 aromatic carbocycles. The summed E-state index contributed by atoms with van der Waals surface area (Å²) in [6, 6.07) is 11.2. The molecule has 0 spiro atoms. The zero-order valence-corrected chi connectivity index (χ0v) is 12.2. The SMILES string of the molecule is CCNC(C)c1ccccc1OCc1cc(F)cc(F)c1. The van der Waals surface area contributed by atoms with Gasteiger partial charge in [0.2, 0.25) is 0 Å². The highest BCUT2D eigenvalue weighted by Gasteiger charge is 2.10. The van der Waals surface area contributed by atoms with Gasteiger partial charge in [-0.2, -0.15) is 0 Å². The normalized spacial score (nSPS) is 12.2. The number of hydrogen-bond donors (Lipinski definition) is 1. The van der Waals surface area contributed by atoms with Crippen molar-refractivity contribution in [1.82, 2.24) is 5.32 Å². The minimum atomic E-state index is -0.595. The van der Waals surface area contributed by atoms with Crippen LogP contribution in [0.2, 0.25) is 0 Å². The lowest BCUT2D eigenvalue weighted by molar-refractivity contribution is 0.298. The van der Waals surface area contributed by atoms with E-state index in [9.17, 15) is 8.78 Å². The van der Waals surface area contributed by atoms with Gasteiger partial charge in [-0.05, 0) is 37.2 Å². The molecule has 0 amide bonds. The molecule has 1 N–H and O–H groups in total. The summed E-state index contributed by atoms with van der Waals surface area (Å²) in [5.74, 6) is -0.471. The van der Waals surface area contributed by atoms with E-state index in [1.54, 1.807) is 0 Å². The standard InChI is InChI=1S/C17H19F2NO/c1-3-20-12(2)16-6-4-5-7-17(16)21-11-13-8-14(18)10-15(19)9-13/h4-10,12,20H,3,11H2,1-2H3. The molecule has 0 saturated heterocycles. The Kier molecular flexibility index (Phi) is 5.28. The first-order valence-corrected chi connectivity index (χ1v) is 7.00. The van der Waals surface area contributed by atoms with Crippen LogP contribution in [0.5, 0.6) is 5.75 Å². The van der Waals surface area contributed by atoms with Crippen LogP contribution in [0, 0.1) is 11.6 Å². The lowest BCUT2D eigenvalue weighted by Crippen LogP contribution is -2.18. The van der Waals surface area contributed by atoms with E-state index in [-0.39, 0.29) is 12.6 Å². The highest BCUT2D eigenvalue weighted by Crippen LogP contribution is 2.25. The van der Waals surface area contributed by atoms with E-state index in [1.165, 1.54) is 12.1 Å². The van der Waals surface area contributed by atoms with Gasteiger partial charge in [-0.1, -0.05) is 25.1 Å². The third-order valence-electron chi connectivity index (χ3n) is 3.21. The number of nitrogens with one attached hydrogen (secondary N) is 1. The van der Waals surface area contributed by atoms with E-state index in [4.69, 9.17) is 4.74 Å². The molecule has 2 aromatic rings. The smallest absolute Gasteiger partial charge is 0.126 e. The van der Waals surface area contributed by atoms with E-state index in [2.05, 4.69) is 5.32 Å². The summed E-state index contributed by atoms with van der Waals surface area (Å²) in [7, 11) is 0. The molecule has 0 aromatic heterocycles. The van der Waals surface area contributed by atoms with Crippen molar-refractivity contribution < 1.29 is 13.5 Å². The van der Waals surface area contributed by atoms with Crippen LogP contribution in [0.25, 0.3) is 0 Å². The Labute approximate surface area is 123 Å². The maximum atomic E-state index is 13.2. The highest BCUT2D eigenvalue weighted by atomic mass is 19.1. The van der Waals surface area contributed by atoms with Crippen molar-refractivity contribution in [3.63, 3.8) is 0 Å². The first-order valence-electron chi connectivity index (χ1n) is 7.00. The second-order valence-corrected chi connectivity index (χ2v) is 4.88. The first kappa shape index (κ1) is 15.4. The summed E-state index contributed by atoms with van der Waals surface area (Å²) >= 11 is 0. The van der Waals surface area contributed by atoms with Gasteiger partial charge in [0.1, 0.15) is 24.0 Å². The third-order valence-corrected chi connectivity index (χ3v) is 3.21. The molecule has 0 saturated carbocycles. The molecule has 0 aliphatic carbocycles. The molecule has 1 atom stereocenters. The second kappa shape index (κ2) is 7.18. The van der Waals surface area contributed by atoms with Gasteiger partial charge in [-0.3, -0.25) is 0 Å². The summed E-state index contributed by atoms with van der Waals surface area (Å²) < 4.78 is 32.0. The number of para-hydroxylation sites is 1. The molecule has 0 aliphatic heterocycles. The fourth-order valence-electron chi connectivity index (χ4n) is 2.24. The minimum Gasteiger partial charge on any atom is -0.489 e. The molecule has 112 valence electrons. The van der Waals surface area contributed by atoms with Crippen molar-refractivity contribution in [2.75, 3.05) is 6.54 Å². The van der Waals surface area contributed by atoms with Crippen LogP contribution in [0.1, 0.15) is 31.0 Å². The Hall–Kier alpha value is -1.94. The molecule has 1 unspecified atom stereocenters. The fraction of sp³-hybridized carbons (Fsp3) is 0.294. The molecule has 0 aliphatic rings. The largest absolute Gasteiger partial charge is 0.489 e. The number of hydrogen-bond acceptors (Lipinski definition) is 2. The topological polar surface area (TPSA) is 21.3 Å². The molecular formula is C17H19F2NO. The van der Waals surface area contributed by atoms with Gasteiger partial charge < -0.3 is 10.1 Å². The van der Waals surface area contributed by atoms with Crippen LogP contribution >= 0.6 is 0 Å². The van der Waals surface area contributed by atoms with Gasteiger partial charge in [-0.15, -0.1) is 0 Å². The molecule has 0 bridgehead atoms. The van der Waals surface area contributed by atoms with E-state index in [0.29, 0.717) is 5.56 Å². The Morgan fingerprint density at radius 1 is 1.10 bits per heavy atom. The van der Waals surface area contributed by atoms with E-state index in [1.807, 2.05) is 38.1 Å². The van der Waals surface area contributed by atoms with Crippen LogP contribution in [-0.2, 0) is 6.61 Å². The van der Waals surface area contributed by atoms with Gasteiger partial charge >= 0.3 is 0 Å². The quantitative estimate of drug-likeness (QED) is 0.860. The van der Waals surface area contributed by atoms with E-state index >= 15 is 0 Å². The van der Waals surface area contributed by atoms with E-state index < -0.39 is 11.6 Å². The summed E-state index contributed by atoms with van der Waals surface area (Å²) in [5.41, 5.74) is 1.50. The fourth-order valence-corrected chi connectivity index (χ4v) is 2.24. The van der Waals surface area contributed by atoms with Gasteiger partial charge in [0, 0.05) is 17.7 Å². The lowest BCUT2D eigenvalue weighted by Gasteiger charge is -2.17. The summed E-state index contributed by atoms with van der Waals surface area (Å²) in [6.45, 7) is 5.07. The molecule has 4 heteroatoms. The lowest BCUT2D eigenvalue weighted by atomic mass is 10.1. The summed E-state index contributed by atoms with van der Waals surface area (Å²) in [6.07, 6.45) is 0. The van der Waals surface area contributed by atoms with Gasteiger partial charge in [0.05, 0.1) is 0 Å². The van der Waals surface area contributed by atoms with Crippen molar-refractivity contribution in [3.05, 3.63) is 65.2 Å². The van der Waals surface area contributed by atoms with Crippen molar-refractivity contribution in [3.8, 4) is 5.75 Å². The Bertz CT molecular complexity index is 581. The molecule has 2 nitrogen and oxygen atoms in total. The van der Waals surface area contributed by atoms with Gasteiger partial charge in [0.15, 0.2) is 0 Å². The number of ether oxygens (including phenoxy) is 1. The van der Waals surface area contributed by atoms with E-state index in [0.717, 1.165) is 23.9 Å². The van der Waals surface area contributed by atoms with Crippen LogP contribution in [0.4, 0.5) is 8.78 Å². The maximum Gasteiger partial charge on any atom is 0.126 e. The number of benzene rings is 2. The predicted molar refractivity (Wildman–Crippen MR) is 79.2 cm³/mol. The number of rotatable bonds is 6. The zero-order valence-electron chi connectivity index (χ0n) is 12.2. The summed E-state index contributed by atoms with van der Waals surface area (Å²) in [4.78, 5) is 0. The first-order chi connectivity index (χ1) is 10.1. The van der Waals surface area contributed by atoms with Crippen molar-refractivity contribution in [2.45, 2.75) is 26.5 Å². The van der Waals surface area contributed by atoms with Crippen molar-refractivity contribution >= 4 is 0 Å². The van der Waals surface area contributed by atoms with Gasteiger partial charge in [-0.25, -0.2) is 8.78 Å². The molecular weight excluding hydrogens is 272 g/mol. The summed E-state index contributed by atoms with van der Waals surface area (Å²) in [5, 5.41) is 3.32. The van der Waals surface area contributed by atoms with Crippen molar-refractivity contribution in [2.24, 2.45) is 0 Å². The highest BCUT2D eigenvalue weighted by molar-refractivity contribution is 5.36. The molecule has 21 heavy (non-hydrogen) atoms. The average Bonchev–Trinajstić information content (AvgIpc) is 2.45. The molecule has 2 rings (SSSR count). The minimum absolute atomic E-state index is 0.130. The van der Waals surface area contributed by atoms with Crippen LogP contribution < -0.4 is 10.1 Å². The monoisotopic (exact) mass is 291 g/mol. The Balaban J connectivity index is 2.12. The maximum absolute atomic E-state index is 13.2. The van der Waals surface area contributed by atoms with Crippen LogP contribution in [0.3, 0.4) is 0 Å². The van der Waals surface area contributed by atoms with Crippen LogP contribution in [-0.4, -0.2) is 6.54 Å². The van der Waals surface area contributed by atoms with Crippen molar-refractivity contribution in [1.29, 1.82) is 0 Å². The molecule has 0 radical (unpaired) electrons. The second-order valence-electron chi connectivity index (χ2n) is 4.88. The number of halogens is 2. The predicted octanol–water partition coefficient (Wildman–Crippen LogP) is 4.21. The van der Waals surface area contributed by atoms with Gasteiger partial charge in [0.25, 0.3) is 0 Å². The average molecular weight is 291 g/mol. The third kappa shape index (κ3) is 4.26. The molecule has 0 heterocycles. The Morgan fingerprint density at radius 2 is 1.76 bits per heavy atom. The molecule has 0 fully saturated rings. The van der Waals surface area contributed by atoms with Crippen LogP contribution in [0.15, 0.2) is 42.5 Å².